The van der Waals surface area contributed by atoms with Crippen LogP contribution in [0.1, 0.15) is 20.8 Å². The number of hydrogen-bond donors (Lipinski definition) is 1. The van der Waals surface area contributed by atoms with Gasteiger partial charge in [-0.05, 0) is 32.2 Å². The Morgan fingerprint density at radius 1 is 1.32 bits per heavy atom. The monoisotopic (exact) mass is 283 g/mol. The van der Waals surface area contributed by atoms with Crippen molar-refractivity contribution in [3.05, 3.63) is 11.4 Å². The lowest BCUT2D eigenvalue weighted by molar-refractivity contribution is 0.0241. The Morgan fingerprint density at radius 3 is 2.42 bits per heavy atom. The van der Waals surface area contributed by atoms with Crippen LogP contribution in [0, 0.1) is 0 Å². The van der Waals surface area contributed by atoms with Crippen LogP contribution in [-0.2, 0) is 4.74 Å². The quantitative estimate of drug-likeness (QED) is 0.859. The van der Waals surface area contributed by atoms with E-state index in [2.05, 4.69) is 4.90 Å². The van der Waals surface area contributed by atoms with Crippen LogP contribution in [0.4, 0.5) is 15.5 Å². The van der Waals surface area contributed by atoms with Crippen LogP contribution in [0.3, 0.4) is 0 Å². The summed E-state index contributed by atoms with van der Waals surface area (Å²) in [6, 6.07) is 1.92. The number of rotatable bonds is 1. The average molecular weight is 283 g/mol. The molecule has 0 atom stereocenters. The van der Waals surface area contributed by atoms with Gasteiger partial charge in [-0.2, -0.15) is 0 Å². The highest BCUT2D eigenvalue weighted by molar-refractivity contribution is 7.14. The zero-order valence-electron chi connectivity index (χ0n) is 11.7. The predicted molar refractivity (Wildman–Crippen MR) is 78.8 cm³/mol. The van der Waals surface area contributed by atoms with E-state index in [1.54, 1.807) is 16.2 Å². The fourth-order valence-corrected chi connectivity index (χ4v) is 2.87. The fraction of sp³-hybridized carbons (Fsp3) is 0.615. The molecule has 106 valence electrons. The van der Waals surface area contributed by atoms with Crippen molar-refractivity contribution in [2.75, 3.05) is 36.8 Å². The zero-order valence-corrected chi connectivity index (χ0v) is 12.5. The van der Waals surface area contributed by atoms with Gasteiger partial charge < -0.3 is 20.3 Å². The number of piperazine rings is 1. The lowest BCUT2D eigenvalue weighted by atomic mass is 10.2. The summed E-state index contributed by atoms with van der Waals surface area (Å²) in [6.45, 7) is 8.58. The number of ether oxygens (including phenoxy) is 1. The number of nitrogens with zero attached hydrogens (tertiary/aromatic N) is 2. The zero-order chi connectivity index (χ0) is 14.0. The summed E-state index contributed by atoms with van der Waals surface area (Å²) in [5.74, 6) is 0. The number of carbonyl (C=O) groups excluding carboxylic acids is 1. The standard InChI is InChI=1S/C13H21N3O2S/c1-13(2,3)18-12(17)16-7-5-15(6-8-16)11-10(14)4-9-19-11/h4,9H,5-8,14H2,1-3H3. The number of carbonyl (C=O) groups is 1. The van der Waals surface area contributed by atoms with Gasteiger partial charge in [0.05, 0.1) is 5.69 Å². The number of hydrogen-bond acceptors (Lipinski definition) is 5. The Morgan fingerprint density at radius 2 is 1.95 bits per heavy atom. The molecule has 1 fully saturated rings. The van der Waals surface area contributed by atoms with Gasteiger partial charge in [0.25, 0.3) is 0 Å². The molecule has 5 nitrogen and oxygen atoms in total. The van der Waals surface area contributed by atoms with E-state index in [0.717, 1.165) is 23.8 Å². The second kappa shape index (κ2) is 5.28. The molecule has 2 heterocycles. The highest BCUT2D eigenvalue weighted by atomic mass is 32.1. The Kier molecular flexibility index (Phi) is 3.89. The van der Waals surface area contributed by atoms with Crippen molar-refractivity contribution in [3.8, 4) is 0 Å². The molecule has 2 rings (SSSR count). The summed E-state index contributed by atoms with van der Waals surface area (Å²) in [4.78, 5) is 15.9. The van der Waals surface area contributed by atoms with Crippen LogP contribution in [0.25, 0.3) is 0 Å². The summed E-state index contributed by atoms with van der Waals surface area (Å²) in [5.41, 5.74) is 6.29. The van der Waals surface area contributed by atoms with Crippen LogP contribution < -0.4 is 10.6 Å². The summed E-state index contributed by atoms with van der Waals surface area (Å²) < 4.78 is 5.37. The van der Waals surface area contributed by atoms with Gasteiger partial charge in [-0.25, -0.2) is 4.79 Å². The molecule has 0 bridgehead atoms. The maximum absolute atomic E-state index is 11.9. The first-order valence-electron chi connectivity index (χ1n) is 6.43. The molecular formula is C13H21N3O2S. The Labute approximate surface area is 117 Å². The minimum absolute atomic E-state index is 0.230. The smallest absolute Gasteiger partial charge is 0.410 e. The van der Waals surface area contributed by atoms with Crippen molar-refractivity contribution in [2.24, 2.45) is 0 Å². The maximum Gasteiger partial charge on any atom is 0.410 e. The van der Waals surface area contributed by atoms with E-state index in [9.17, 15) is 4.79 Å². The van der Waals surface area contributed by atoms with Gasteiger partial charge in [0, 0.05) is 26.2 Å². The summed E-state index contributed by atoms with van der Waals surface area (Å²) in [7, 11) is 0. The van der Waals surface area contributed by atoms with Gasteiger partial charge >= 0.3 is 6.09 Å². The third-order valence-corrected chi connectivity index (χ3v) is 3.88. The number of amides is 1. The minimum atomic E-state index is -0.438. The van der Waals surface area contributed by atoms with Gasteiger partial charge in [0.15, 0.2) is 0 Å². The summed E-state index contributed by atoms with van der Waals surface area (Å²) in [6.07, 6.45) is -0.230. The summed E-state index contributed by atoms with van der Waals surface area (Å²) >= 11 is 1.64. The van der Waals surface area contributed by atoms with Gasteiger partial charge in [-0.15, -0.1) is 11.3 Å². The first-order valence-corrected chi connectivity index (χ1v) is 7.30. The molecule has 0 aromatic carbocycles. The highest BCUT2D eigenvalue weighted by Crippen LogP contribution is 2.30. The molecular weight excluding hydrogens is 262 g/mol. The lowest BCUT2D eigenvalue weighted by Crippen LogP contribution is -2.50. The molecule has 6 heteroatoms. The Balaban J connectivity index is 1.89. The third kappa shape index (κ3) is 3.53. The van der Waals surface area contributed by atoms with Crippen LogP contribution in [0.15, 0.2) is 11.4 Å². The predicted octanol–water partition coefficient (Wildman–Crippen LogP) is 2.39. The SMILES string of the molecule is CC(C)(C)OC(=O)N1CCN(c2sccc2N)CC1. The van der Waals surface area contributed by atoms with Crippen molar-refractivity contribution in [2.45, 2.75) is 26.4 Å². The van der Waals surface area contributed by atoms with Gasteiger partial charge in [-0.1, -0.05) is 0 Å². The average Bonchev–Trinajstić information content (AvgIpc) is 2.73. The second-order valence-corrected chi connectivity index (χ2v) is 6.53. The van der Waals surface area contributed by atoms with Crippen LogP contribution in [-0.4, -0.2) is 42.8 Å². The lowest BCUT2D eigenvalue weighted by Gasteiger charge is -2.36. The first kappa shape index (κ1) is 14.0. The topological polar surface area (TPSA) is 58.8 Å². The molecule has 19 heavy (non-hydrogen) atoms. The minimum Gasteiger partial charge on any atom is -0.444 e. The Hall–Kier alpha value is -1.43. The molecule has 0 unspecified atom stereocenters. The van der Waals surface area contributed by atoms with Crippen LogP contribution in [0.5, 0.6) is 0 Å². The third-order valence-electron chi connectivity index (χ3n) is 2.89. The van der Waals surface area contributed by atoms with Crippen molar-refractivity contribution in [3.63, 3.8) is 0 Å². The molecule has 0 radical (unpaired) electrons. The molecule has 1 aliphatic rings. The van der Waals surface area contributed by atoms with E-state index in [4.69, 9.17) is 10.5 Å². The molecule has 1 aliphatic heterocycles. The molecule has 0 spiro atoms. The first-order chi connectivity index (χ1) is 8.87. The number of nitrogens with two attached hydrogens (primary N) is 1. The molecule has 1 saturated heterocycles. The van der Waals surface area contributed by atoms with E-state index in [0.29, 0.717) is 13.1 Å². The summed E-state index contributed by atoms with van der Waals surface area (Å²) in [5, 5.41) is 3.09. The molecule has 0 saturated carbocycles. The highest BCUT2D eigenvalue weighted by Gasteiger charge is 2.26. The normalized spacial score (nSPS) is 16.6. The molecule has 1 aromatic rings. The van der Waals surface area contributed by atoms with E-state index in [1.165, 1.54) is 0 Å². The largest absolute Gasteiger partial charge is 0.444 e. The van der Waals surface area contributed by atoms with Crippen molar-refractivity contribution in [1.82, 2.24) is 4.90 Å². The molecule has 1 aromatic heterocycles. The molecule has 2 N–H and O–H groups in total. The van der Waals surface area contributed by atoms with Crippen LogP contribution in [0.2, 0.25) is 0 Å². The van der Waals surface area contributed by atoms with E-state index in [-0.39, 0.29) is 6.09 Å². The number of thiophene rings is 1. The van der Waals surface area contributed by atoms with E-state index in [1.807, 2.05) is 32.2 Å². The fourth-order valence-electron chi connectivity index (χ4n) is 1.99. The number of anilines is 2. The van der Waals surface area contributed by atoms with E-state index < -0.39 is 5.60 Å². The molecule has 1 amide bonds. The van der Waals surface area contributed by atoms with Crippen molar-refractivity contribution >= 4 is 28.1 Å². The number of nitrogen functional groups attached to an aromatic ring is 1. The van der Waals surface area contributed by atoms with Gasteiger partial charge in [-0.3, -0.25) is 0 Å². The Bertz CT molecular complexity index is 445. The van der Waals surface area contributed by atoms with Crippen molar-refractivity contribution < 1.29 is 9.53 Å². The maximum atomic E-state index is 11.9. The second-order valence-electron chi connectivity index (χ2n) is 5.64. The van der Waals surface area contributed by atoms with Gasteiger partial charge in [0.2, 0.25) is 0 Å². The van der Waals surface area contributed by atoms with Crippen LogP contribution >= 0.6 is 11.3 Å². The van der Waals surface area contributed by atoms with E-state index >= 15 is 0 Å². The van der Waals surface area contributed by atoms with Gasteiger partial charge in [0.1, 0.15) is 10.6 Å². The molecule has 0 aliphatic carbocycles. The van der Waals surface area contributed by atoms with Crippen molar-refractivity contribution in [1.29, 1.82) is 0 Å².